The Labute approximate surface area is 145 Å². The van der Waals surface area contributed by atoms with Crippen molar-refractivity contribution in [1.82, 2.24) is 10.2 Å². The van der Waals surface area contributed by atoms with Gasteiger partial charge in [-0.3, -0.25) is 4.99 Å². The molecular weight excluding hydrogens is 377 g/mol. The molecule has 0 aromatic heterocycles. The summed E-state index contributed by atoms with van der Waals surface area (Å²) in [6, 6.07) is 8.00. The van der Waals surface area contributed by atoms with E-state index >= 15 is 0 Å². The number of halogens is 1. The molecule has 118 valence electrons. The van der Waals surface area contributed by atoms with E-state index in [0.717, 1.165) is 36.7 Å². The van der Waals surface area contributed by atoms with Gasteiger partial charge in [0.2, 0.25) is 0 Å². The average molecular weight is 403 g/mol. The maximum Gasteiger partial charge on any atom is 0.193 e. The van der Waals surface area contributed by atoms with Crippen LogP contribution in [-0.2, 0) is 6.54 Å². The SMILES string of the molecule is C=CCCCN(C)C(=NC)NCc1ccccc1OC.I. The molecule has 0 bridgehead atoms. The van der Waals surface area contributed by atoms with Crippen molar-refractivity contribution in [2.45, 2.75) is 19.4 Å². The third-order valence-corrected chi connectivity index (χ3v) is 3.10. The predicted molar refractivity (Wildman–Crippen MR) is 101 cm³/mol. The van der Waals surface area contributed by atoms with Gasteiger partial charge < -0.3 is 15.0 Å². The largest absolute Gasteiger partial charge is 0.496 e. The van der Waals surface area contributed by atoms with Crippen LogP contribution >= 0.6 is 24.0 Å². The van der Waals surface area contributed by atoms with Crippen LogP contribution in [0, 0.1) is 0 Å². The zero-order valence-electron chi connectivity index (χ0n) is 13.1. The van der Waals surface area contributed by atoms with E-state index in [2.05, 4.69) is 27.9 Å². The lowest BCUT2D eigenvalue weighted by molar-refractivity contribution is 0.408. The standard InChI is InChI=1S/C16H25N3O.HI/c1-5-6-9-12-19(3)16(17-2)18-13-14-10-7-8-11-15(14)20-4;/h5,7-8,10-11H,1,6,9,12-13H2,2-4H3,(H,17,18);1H. The number of nitrogens with zero attached hydrogens (tertiary/aromatic N) is 2. The molecule has 1 aromatic rings. The number of unbranched alkanes of at least 4 members (excludes halogenated alkanes) is 1. The summed E-state index contributed by atoms with van der Waals surface area (Å²) in [6.45, 7) is 5.39. The molecule has 0 fully saturated rings. The highest BCUT2D eigenvalue weighted by atomic mass is 127. The minimum absolute atomic E-state index is 0. The summed E-state index contributed by atoms with van der Waals surface area (Å²) < 4.78 is 5.35. The maximum absolute atomic E-state index is 5.35. The van der Waals surface area contributed by atoms with Gasteiger partial charge in [-0.2, -0.15) is 0 Å². The Bertz CT molecular complexity index is 449. The lowest BCUT2D eigenvalue weighted by atomic mass is 10.2. The molecule has 0 aliphatic carbocycles. The topological polar surface area (TPSA) is 36.9 Å². The molecule has 0 radical (unpaired) electrons. The summed E-state index contributed by atoms with van der Waals surface area (Å²) in [5.41, 5.74) is 1.12. The van der Waals surface area contributed by atoms with E-state index in [-0.39, 0.29) is 24.0 Å². The van der Waals surface area contributed by atoms with Gasteiger partial charge in [0.15, 0.2) is 5.96 Å². The first-order valence-electron chi connectivity index (χ1n) is 6.87. The van der Waals surface area contributed by atoms with Gasteiger partial charge in [0.25, 0.3) is 0 Å². The molecule has 5 heteroatoms. The third-order valence-electron chi connectivity index (χ3n) is 3.10. The number of nitrogens with one attached hydrogen (secondary N) is 1. The quantitative estimate of drug-likeness (QED) is 0.250. The van der Waals surface area contributed by atoms with E-state index in [4.69, 9.17) is 4.74 Å². The molecule has 1 aromatic carbocycles. The Hall–Kier alpha value is -1.24. The lowest BCUT2D eigenvalue weighted by Crippen LogP contribution is -2.39. The summed E-state index contributed by atoms with van der Waals surface area (Å²) in [5.74, 6) is 1.78. The van der Waals surface area contributed by atoms with Crippen LogP contribution in [0.5, 0.6) is 5.75 Å². The summed E-state index contributed by atoms with van der Waals surface area (Å²) in [6.07, 6.45) is 4.04. The fourth-order valence-corrected chi connectivity index (χ4v) is 1.99. The van der Waals surface area contributed by atoms with Crippen LogP contribution in [0.15, 0.2) is 41.9 Å². The molecule has 0 saturated carbocycles. The molecule has 0 amide bonds. The van der Waals surface area contributed by atoms with Gasteiger partial charge in [-0.25, -0.2) is 0 Å². The number of aliphatic imine (C=N–C) groups is 1. The fraction of sp³-hybridized carbons (Fsp3) is 0.438. The minimum Gasteiger partial charge on any atom is -0.496 e. The fourth-order valence-electron chi connectivity index (χ4n) is 1.99. The second-order valence-corrected chi connectivity index (χ2v) is 4.57. The Balaban J connectivity index is 0.00000400. The van der Waals surface area contributed by atoms with Crippen LogP contribution in [-0.4, -0.2) is 38.6 Å². The van der Waals surface area contributed by atoms with Crippen molar-refractivity contribution in [2.75, 3.05) is 27.7 Å². The van der Waals surface area contributed by atoms with Crippen molar-refractivity contribution in [3.63, 3.8) is 0 Å². The van der Waals surface area contributed by atoms with Gasteiger partial charge in [0.05, 0.1) is 7.11 Å². The normalized spacial score (nSPS) is 10.5. The Morgan fingerprint density at radius 2 is 2.14 bits per heavy atom. The predicted octanol–water partition coefficient (Wildman–Crippen LogP) is 3.29. The van der Waals surface area contributed by atoms with Crippen molar-refractivity contribution >= 4 is 29.9 Å². The van der Waals surface area contributed by atoms with Crippen LogP contribution < -0.4 is 10.1 Å². The summed E-state index contributed by atoms with van der Waals surface area (Å²) >= 11 is 0. The molecule has 21 heavy (non-hydrogen) atoms. The Morgan fingerprint density at radius 3 is 2.76 bits per heavy atom. The number of benzene rings is 1. The van der Waals surface area contributed by atoms with E-state index in [1.165, 1.54) is 0 Å². The van der Waals surface area contributed by atoms with Gasteiger partial charge in [0.1, 0.15) is 5.75 Å². The molecule has 1 N–H and O–H groups in total. The molecule has 1 rings (SSSR count). The molecule has 4 nitrogen and oxygen atoms in total. The zero-order chi connectivity index (χ0) is 14.8. The summed E-state index contributed by atoms with van der Waals surface area (Å²) in [7, 11) is 5.53. The second-order valence-electron chi connectivity index (χ2n) is 4.57. The smallest absolute Gasteiger partial charge is 0.193 e. The van der Waals surface area contributed by atoms with Gasteiger partial charge in [-0.05, 0) is 18.9 Å². The van der Waals surface area contributed by atoms with Crippen LogP contribution in [0.1, 0.15) is 18.4 Å². The minimum atomic E-state index is 0. The number of ether oxygens (including phenoxy) is 1. The highest BCUT2D eigenvalue weighted by Crippen LogP contribution is 2.16. The second kappa shape index (κ2) is 11.4. The molecule has 0 heterocycles. The zero-order valence-corrected chi connectivity index (χ0v) is 15.5. The number of methoxy groups -OCH3 is 1. The molecule has 0 aliphatic heterocycles. The lowest BCUT2D eigenvalue weighted by Gasteiger charge is -2.22. The van der Waals surface area contributed by atoms with Crippen molar-refractivity contribution < 1.29 is 4.74 Å². The summed E-state index contributed by atoms with van der Waals surface area (Å²) in [5, 5.41) is 3.36. The van der Waals surface area contributed by atoms with Crippen LogP contribution in [0.4, 0.5) is 0 Å². The van der Waals surface area contributed by atoms with E-state index in [9.17, 15) is 0 Å². The van der Waals surface area contributed by atoms with Crippen molar-refractivity contribution in [3.8, 4) is 5.75 Å². The molecular formula is C16H26IN3O. The van der Waals surface area contributed by atoms with Crippen molar-refractivity contribution in [3.05, 3.63) is 42.5 Å². The Kier molecular flexibility index (Phi) is 10.7. The third kappa shape index (κ3) is 6.84. The number of allylic oxidation sites excluding steroid dienone is 1. The first kappa shape index (κ1) is 19.8. The van der Waals surface area contributed by atoms with E-state index in [1.807, 2.05) is 31.3 Å². The first-order valence-corrected chi connectivity index (χ1v) is 6.87. The van der Waals surface area contributed by atoms with E-state index in [0.29, 0.717) is 6.54 Å². The number of hydrogen-bond donors (Lipinski definition) is 1. The van der Waals surface area contributed by atoms with Crippen molar-refractivity contribution in [2.24, 2.45) is 4.99 Å². The van der Waals surface area contributed by atoms with Gasteiger partial charge >= 0.3 is 0 Å². The molecule has 0 aliphatic rings. The van der Waals surface area contributed by atoms with Crippen molar-refractivity contribution in [1.29, 1.82) is 0 Å². The number of hydrogen-bond acceptors (Lipinski definition) is 2. The average Bonchev–Trinajstić information content (AvgIpc) is 2.48. The number of para-hydroxylation sites is 1. The van der Waals surface area contributed by atoms with Gasteiger partial charge in [0, 0.05) is 32.7 Å². The molecule has 0 spiro atoms. The number of guanidine groups is 1. The molecule has 0 unspecified atom stereocenters. The summed E-state index contributed by atoms with van der Waals surface area (Å²) in [4.78, 5) is 6.43. The number of rotatable bonds is 7. The first-order chi connectivity index (χ1) is 9.72. The molecule has 0 atom stereocenters. The Morgan fingerprint density at radius 1 is 1.43 bits per heavy atom. The van der Waals surface area contributed by atoms with E-state index < -0.39 is 0 Å². The van der Waals surface area contributed by atoms with Crippen LogP contribution in [0.3, 0.4) is 0 Å². The van der Waals surface area contributed by atoms with Gasteiger partial charge in [-0.1, -0.05) is 24.3 Å². The highest BCUT2D eigenvalue weighted by Gasteiger charge is 2.07. The van der Waals surface area contributed by atoms with Crippen LogP contribution in [0.25, 0.3) is 0 Å². The van der Waals surface area contributed by atoms with E-state index in [1.54, 1.807) is 14.2 Å². The van der Waals surface area contributed by atoms with Gasteiger partial charge in [-0.15, -0.1) is 30.6 Å². The van der Waals surface area contributed by atoms with Crippen LogP contribution in [0.2, 0.25) is 0 Å². The highest BCUT2D eigenvalue weighted by molar-refractivity contribution is 14.0. The molecule has 0 saturated heterocycles. The monoisotopic (exact) mass is 403 g/mol. The maximum atomic E-state index is 5.35.